The van der Waals surface area contributed by atoms with E-state index < -0.39 is 21.9 Å². The molecule has 15 heavy (non-hydrogen) atoms. The van der Waals surface area contributed by atoms with Gasteiger partial charge in [0.05, 0.1) is 11.2 Å². The normalized spacial score (nSPS) is 28.9. The Kier molecular flexibility index (Phi) is 2.72. The van der Waals surface area contributed by atoms with Crippen molar-refractivity contribution in [1.29, 1.82) is 0 Å². The van der Waals surface area contributed by atoms with Gasteiger partial charge in [-0.1, -0.05) is 0 Å². The third-order valence-electron chi connectivity index (χ3n) is 3.04. The molecule has 5 nitrogen and oxygen atoms in total. The molecule has 1 aliphatic carbocycles. The Labute approximate surface area is 89.1 Å². The van der Waals surface area contributed by atoms with Crippen molar-refractivity contribution in [2.24, 2.45) is 5.92 Å². The van der Waals surface area contributed by atoms with Crippen molar-refractivity contribution in [2.45, 2.75) is 30.9 Å². The van der Waals surface area contributed by atoms with Gasteiger partial charge in [0.1, 0.15) is 0 Å². The van der Waals surface area contributed by atoms with Crippen molar-refractivity contribution < 1.29 is 18.3 Å². The van der Waals surface area contributed by atoms with Gasteiger partial charge in [-0.05, 0) is 25.7 Å². The van der Waals surface area contributed by atoms with Crippen LogP contribution in [0.2, 0.25) is 0 Å². The molecule has 0 aromatic rings. The van der Waals surface area contributed by atoms with Gasteiger partial charge in [0, 0.05) is 13.1 Å². The molecule has 2 aliphatic rings. The number of carboxylic acids is 1. The van der Waals surface area contributed by atoms with Crippen molar-refractivity contribution in [3.63, 3.8) is 0 Å². The minimum Gasteiger partial charge on any atom is -0.481 e. The lowest BCUT2D eigenvalue weighted by Gasteiger charge is -2.29. The molecule has 1 heterocycles. The van der Waals surface area contributed by atoms with Gasteiger partial charge < -0.3 is 5.11 Å². The lowest BCUT2D eigenvalue weighted by atomic mass is 10.0. The van der Waals surface area contributed by atoms with Gasteiger partial charge in [0.2, 0.25) is 10.0 Å². The molecule has 0 radical (unpaired) electrons. The van der Waals surface area contributed by atoms with Crippen molar-refractivity contribution >= 4 is 16.0 Å². The highest BCUT2D eigenvalue weighted by Crippen LogP contribution is 2.33. The Morgan fingerprint density at radius 3 is 2.47 bits per heavy atom. The summed E-state index contributed by atoms with van der Waals surface area (Å²) in [5.74, 6) is -1.40. The maximum Gasteiger partial charge on any atom is 0.307 e. The highest BCUT2D eigenvalue weighted by atomic mass is 32.2. The fourth-order valence-electron chi connectivity index (χ4n) is 1.95. The Balaban J connectivity index is 2.07. The number of carboxylic acid groups (broad SMARTS) is 1. The molecule has 1 N–H and O–H groups in total. The molecular weight excluding hydrogens is 218 g/mol. The molecule has 0 aromatic carbocycles. The average Bonchev–Trinajstić information content (AvgIpc) is 3.01. The summed E-state index contributed by atoms with van der Waals surface area (Å²) in [7, 11) is -3.19. The van der Waals surface area contributed by atoms with Crippen LogP contribution in [0.3, 0.4) is 0 Å². The van der Waals surface area contributed by atoms with Gasteiger partial charge in [0.15, 0.2) is 0 Å². The summed E-state index contributed by atoms with van der Waals surface area (Å²) in [5.41, 5.74) is 0. The number of rotatable bonds is 3. The number of nitrogens with zero attached hydrogens (tertiary/aromatic N) is 1. The number of sulfonamides is 1. The minimum atomic E-state index is -3.19. The summed E-state index contributed by atoms with van der Waals surface area (Å²) in [5, 5.41) is 8.62. The third-order valence-corrected chi connectivity index (χ3v) is 5.40. The van der Waals surface area contributed by atoms with E-state index in [0.29, 0.717) is 19.4 Å². The second kappa shape index (κ2) is 3.75. The zero-order valence-electron chi connectivity index (χ0n) is 8.42. The molecule has 0 bridgehead atoms. The van der Waals surface area contributed by atoms with Gasteiger partial charge in [0.25, 0.3) is 0 Å². The van der Waals surface area contributed by atoms with E-state index in [1.807, 2.05) is 0 Å². The largest absolute Gasteiger partial charge is 0.481 e. The number of carbonyl (C=O) groups is 1. The molecule has 1 saturated heterocycles. The van der Waals surface area contributed by atoms with E-state index in [9.17, 15) is 13.2 Å². The second-order valence-corrected chi connectivity index (χ2v) is 6.49. The number of hydrogen-bond donors (Lipinski definition) is 1. The van der Waals surface area contributed by atoms with E-state index in [-0.39, 0.29) is 11.8 Å². The first-order valence-electron chi connectivity index (χ1n) is 5.23. The minimum absolute atomic E-state index is 0.161. The summed E-state index contributed by atoms with van der Waals surface area (Å²) in [6.45, 7) is 0.650. The topological polar surface area (TPSA) is 74.7 Å². The van der Waals surface area contributed by atoms with E-state index in [2.05, 4.69) is 0 Å². The molecule has 1 aliphatic heterocycles. The van der Waals surface area contributed by atoms with Crippen LogP contribution in [0.5, 0.6) is 0 Å². The summed E-state index contributed by atoms with van der Waals surface area (Å²) in [6.07, 6.45) is 2.71. The van der Waals surface area contributed by atoms with E-state index >= 15 is 0 Å². The summed E-state index contributed by atoms with van der Waals surface area (Å²) in [4.78, 5) is 10.8. The van der Waals surface area contributed by atoms with Crippen molar-refractivity contribution in [1.82, 2.24) is 4.31 Å². The molecule has 0 spiro atoms. The lowest BCUT2D eigenvalue weighted by Crippen LogP contribution is -2.43. The third kappa shape index (κ3) is 2.15. The zero-order chi connectivity index (χ0) is 11.1. The van der Waals surface area contributed by atoms with Crippen molar-refractivity contribution in [2.75, 3.05) is 13.1 Å². The first-order valence-corrected chi connectivity index (χ1v) is 6.74. The van der Waals surface area contributed by atoms with Crippen LogP contribution in [-0.4, -0.2) is 42.1 Å². The highest BCUT2D eigenvalue weighted by molar-refractivity contribution is 7.90. The average molecular weight is 233 g/mol. The fraction of sp³-hybridized carbons (Fsp3) is 0.889. The first-order chi connectivity index (χ1) is 7.01. The molecule has 0 aromatic heterocycles. The quantitative estimate of drug-likeness (QED) is 0.759. The molecular formula is C9H15NO4S. The Hall–Kier alpha value is -0.620. The van der Waals surface area contributed by atoms with Crippen LogP contribution in [0.25, 0.3) is 0 Å². The number of hydrogen-bond acceptors (Lipinski definition) is 3. The van der Waals surface area contributed by atoms with E-state index in [0.717, 1.165) is 12.8 Å². The van der Waals surface area contributed by atoms with E-state index in [1.54, 1.807) is 0 Å². The standard InChI is InChI=1S/C9H15NO4S/c11-9(12)7-2-1-5-10(6-7)15(13,14)8-3-4-8/h7-8H,1-6H2,(H,11,12)/t7-/m1/s1. The molecule has 0 unspecified atom stereocenters. The van der Waals surface area contributed by atoms with E-state index in [4.69, 9.17) is 5.11 Å². The second-order valence-electron chi connectivity index (χ2n) is 4.28. The molecule has 1 atom stereocenters. The van der Waals surface area contributed by atoms with Gasteiger partial charge >= 0.3 is 5.97 Å². The van der Waals surface area contributed by atoms with Crippen LogP contribution in [0.15, 0.2) is 0 Å². The molecule has 6 heteroatoms. The molecule has 1 saturated carbocycles. The van der Waals surface area contributed by atoms with Crippen molar-refractivity contribution in [3.05, 3.63) is 0 Å². The molecule has 86 valence electrons. The summed E-state index contributed by atoms with van der Waals surface area (Å²) >= 11 is 0. The van der Waals surface area contributed by atoms with Gasteiger partial charge in [-0.3, -0.25) is 4.79 Å². The lowest BCUT2D eigenvalue weighted by molar-refractivity contribution is -0.142. The van der Waals surface area contributed by atoms with Gasteiger partial charge in [-0.15, -0.1) is 0 Å². The Morgan fingerprint density at radius 2 is 1.93 bits per heavy atom. The number of piperidine rings is 1. The molecule has 2 rings (SSSR count). The molecule has 0 amide bonds. The maximum absolute atomic E-state index is 11.8. The first kappa shape index (κ1) is 10.9. The Morgan fingerprint density at radius 1 is 1.27 bits per heavy atom. The Bertz CT molecular complexity index is 360. The monoisotopic (exact) mass is 233 g/mol. The number of aliphatic carboxylic acids is 1. The smallest absolute Gasteiger partial charge is 0.307 e. The van der Waals surface area contributed by atoms with Gasteiger partial charge in [-0.2, -0.15) is 0 Å². The van der Waals surface area contributed by atoms with Crippen LogP contribution in [0, 0.1) is 5.92 Å². The van der Waals surface area contributed by atoms with Crippen LogP contribution in [-0.2, 0) is 14.8 Å². The maximum atomic E-state index is 11.8. The highest BCUT2D eigenvalue weighted by Gasteiger charge is 2.42. The van der Waals surface area contributed by atoms with E-state index in [1.165, 1.54) is 4.31 Å². The fourth-order valence-corrected chi connectivity index (χ4v) is 3.88. The SMILES string of the molecule is O=C(O)[C@@H]1CCCN(S(=O)(=O)C2CC2)C1. The predicted molar refractivity (Wildman–Crippen MR) is 53.9 cm³/mol. The zero-order valence-corrected chi connectivity index (χ0v) is 9.24. The van der Waals surface area contributed by atoms with Crippen LogP contribution >= 0.6 is 0 Å². The van der Waals surface area contributed by atoms with Crippen LogP contribution < -0.4 is 0 Å². The summed E-state index contributed by atoms with van der Waals surface area (Å²) < 4.78 is 25.1. The van der Waals surface area contributed by atoms with Gasteiger partial charge in [-0.25, -0.2) is 12.7 Å². The van der Waals surface area contributed by atoms with Crippen LogP contribution in [0.4, 0.5) is 0 Å². The predicted octanol–water partition coefficient (Wildman–Crippen LogP) is 0.275. The van der Waals surface area contributed by atoms with Crippen LogP contribution in [0.1, 0.15) is 25.7 Å². The molecule has 2 fully saturated rings. The van der Waals surface area contributed by atoms with Crippen molar-refractivity contribution in [3.8, 4) is 0 Å². The summed E-state index contributed by atoms with van der Waals surface area (Å²) in [6, 6.07) is 0.